The summed E-state index contributed by atoms with van der Waals surface area (Å²) in [7, 11) is 4.53. The molecule has 0 unspecified atom stereocenters. The number of anilines is 1. The van der Waals surface area contributed by atoms with Crippen LogP contribution in [0.4, 0.5) is 5.69 Å². The molecule has 2 N–H and O–H groups in total. The Bertz CT molecular complexity index is 667. The lowest BCUT2D eigenvalue weighted by Gasteiger charge is -2.13. The molecule has 2 aromatic carbocycles. The number of nitrogens with two attached hydrogens (primary N) is 1. The van der Waals surface area contributed by atoms with Gasteiger partial charge in [-0.3, -0.25) is 4.79 Å². The minimum atomic E-state index is -0.241. The molecule has 0 saturated carbocycles. The Morgan fingerprint density at radius 3 is 2.33 bits per heavy atom. The first kappa shape index (κ1) is 14.7. The zero-order valence-corrected chi connectivity index (χ0v) is 12.2. The van der Waals surface area contributed by atoms with E-state index in [1.54, 1.807) is 36.4 Å². The van der Waals surface area contributed by atoms with Crippen LogP contribution in [0.2, 0.25) is 0 Å². The number of rotatable bonds is 5. The summed E-state index contributed by atoms with van der Waals surface area (Å²) in [5, 5.41) is 0. The summed E-state index contributed by atoms with van der Waals surface area (Å²) in [6, 6.07) is 10.1. The monoisotopic (exact) mass is 287 g/mol. The van der Waals surface area contributed by atoms with Crippen LogP contribution in [0.5, 0.6) is 17.2 Å². The molecule has 0 heterocycles. The van der Waals surface area contributed by atoms with Gasteiger partial charge in [-0.05, 0) is 30.3 Å². The number of para-hydroxylation sites is 1. The molecule has 5 heteroatoms. The number of hydrogen-bond acceptors (Lipinski definition) is 5. The van der Waals surface area contributed by atoms with Crippen LogP contribution in [-0.4, -0.2) is 27.1 Å². The standard InChI is InChI=1S/C16H17NO4/c1-19-10-7-8-14(20-2)12(9-10)15(18)11-5-4-6-13(17)16(11)21-3/h4-9H,17H2,1-3H3. The number of carbonyl (C=O) groups excluding carboxylic acids is 1. The van der Waals surface area contributed by atoms with Crippen molar-refractivity contribution in [1.82, 2.24) is 0 Å². The second-order valence-electron chi connectivity index (χ2n) is 4.32. The molecule has 21 heavy (non-hydrogen) atoms. The van der Waals surface area contributed by atoms with Crippen LogP contribution in [0.3, 0.4) is 0 Å². The van der Waals surface area contributed by atoms with Crippen molar-refractivity contribution in [2.24, 2.45) is 0 Å². The highest BCUT2D eigenvalue weighted by molar-refractivity contribution is 6.13. The highest BCUT2D eigenvalue weighted by Gasteiger charge is 2.20. The van der Waals surface area contributed by atoms with Crippen molar-refractivity contribution in [1.29, 1.82) is 0 Å². The van der Waals surface area contributed by atoms with Crippen LogP contribution in [0.25, 0.3) is 0 Å². The van der Waals surface area contributed by atoms with Crippen molar-refractivity contribution in [2.75, 3.05) is 27.1 Å². The Labute approximate surface area is 123 Å². The van der Waals surface area contributed by atoms with E-state index >= 15 is 0 Å². The number of methoxy groups -OCH3 is 3. The van der Waals surface area contributed by atoms with E-state index < -0.39 is 0 Å². The van der Waals surface area contributed by atoms with Gasteiger partial charge >= 0.3 is 0 Å². The van der Waals surface area contributed by atoms with Gasteiger partial charge in [0.05, 0.1) is 38.1 Å². The molecular weight excluding hydrogens is 270 g/mol. The van der Waals surface area contributed by atoms with E-state index in [4.69, 9.17) is 19.9 Å². The summed E-state index contributed by atoms with van der Waals surface area (Å²) in [6.07, 6.45) is 0. The Hall–Kier alpha value is -2.69. The summed E-state index contributed by atoms with van der Waals surface area (Å²) in [6.45, 7) is 0. The smallest absolute Gasteiger partial charge is 0.200 e. The van der Waals surface area contributed by atoms with Gasteiger partial charge in [-0.1, -0.05) is 6.07 Å². The van der Waals surface area contributed by atoms with E-state index in [9.17, 15) is 4.79 Å². The quantitative estimate of drug-likeness (QED) is 0.676. The summed E-state index contributed by atoms with van der Waals surface area (Å²) in [5.74, 6) is 1.15. The van der Waals surface area contributed by atoms with Crippen molar-refractivity contribution in [2.45, 2.75) is 0 Å². The molecule has 0 bridgehead atoms. The van der Waals surface area contributed by atoms with E-state index in [0.29, 0.717) is 34.1 Å². The van der Waals surface area contributed by atoms with E-state index in [1.165, 1.54) is 21.3 Å². The highest BCUT2D eigenvalue weighted by Crippen LogP contribution is 2.32. The third-order valence-corrected chi connectivity index (χ3v) is 3.15. The minimum Gasteiger partial charge on any atom is -0.497 e. The van der Waals surface area contributed by atoms with Crippen molar-refractivity contribution in [3.05, 3.63) is 47.5 Å². The topological polar surface area (TPSA) is 70.8 Å². The maximum atomic E-state index is 12.8. The zero-order valence-electron chi connectivity index (χ0n) is 12.2. The lowest BCUT2D eigenvalue weighted by molar-refractivity contribution is 0.103. The molecule has 0 spiro atoms. The third-order valence-electron chi connectivity index (χ3n) is 3.15. The molecule has 0 aliphatic rings. The van der Waals surface area contributed by atoms with Crippen molar-refractivity contribution in [3.63, 3.8) is 0 Å². The Kier molecular flexibility index (Phi) is 4.33. The zero-order chi connectivity index (χ0) is 15.4. The Balaban J connectivity index is 2.57. The fourth-order valence-corrected chi connectivity index (χ4v) is 2.10. The maximum absolute atomic E-state index is 12.8. The van der Waals surface area contributed by atoms with Crippen LogP contribution in [-0.2, 0) is 0 Å². The normalized spacial score (nSPS) is 10.0. The molecule has 0 amide bonds. The van der Waals surface area contributed by atoms with Gasteiger partial charge in [-0.25, -0.2) is 0 Å². The number of ether oxygens (including phenoxy) is 3. The summed E-state index contributed by atoms with van der Waals surface area (Å²) < 4.78 is 15.6. The number of benzene rings is 2. The Morgan fingerprint density at radius 1 is 0.952 bits per heavy atom. The summed E-state index contributed by atoms with van der Waals surface area (Å²) in [5.41, 5.74) is 7.02. The predicted molar refractivity (Wildman–Crippen MR) is 80.4 cm³/mol. The number of carbonyl (C=O) groups is 1. The molecule has 2 rings (SSSR count). The van der Waals surface area contributed by atoms with Crippen molar-refractivity contribution < 1.29 is 19.0 Å². The minimum absolute atomic E-state index is 0.241. The van der Waals surface area contributed by atoms with Crippen LogP contribution in [0.15, 0.2) is 36.4 Å². The molecule has 0 saturated heterocycles. The fourth-order valence-electron chi connectivity index (χ4n) is 2.10. The van der Waals surface area contributed by atoms with Gasteiger partial charge in [0, 0.05) is 0 Å². The van der Waals surface area contributed by atoms with Crippen LogP contribution in [0.1, 0.15) is 15.9 Å². The lowest BCUT2D eigenvalue weighted by atomic mass is 10.0. The van der Waals surface area contributed by atoms with Crippen LogP contribution < -0.4 is 19.9 Å². The second-order valence-corrected chi connectivity index (χ2v) is 4.32. The van der Waals surface area contributed by atoms with Gasteiger partial charge in [0.2, 0.25) is 5.78 Å². The molecule has 0 aromatic heterocycles. The molecule has 0 atom stereocenters. The molecule has 0 aliphatic heterocycles. The van der Waals surface area contributed by atoms with Gasteiger partial charge in [0.1, 0.15) is 11.5 Å². The molecule has 0 fully saturated rings. The van der Waals surface area contributed by atoms with Crippen molar-refractivity contribution >= 4 is 11.5 Å². The van der Waals surface area contributed by atoms with E-state index in [2.05, 4.69) is 0 Å². The van der Waals surface area contributed by atoms with Gasteiger partial charge in [-0.15, -0.1) is 0 Å². The van der Waals surface area contributed by atoms with Gasteiger partial charge in [0.15, 0.2) is 5.75 Å². The second kappa shape index (κ2) is 6.17. The van der Waals surface area contributed by atoms with Crippen LogP contribution >= 0.6 is 0 Å². The van der Waals surface area contributed by atoms with E-state index in [1.807, 2.05) is 0 Å². The SMILES string of the molecule is COc1ccc(OC)c(C(=O)c2cccc(N)c2OC)c1. The summed E-state index contributed by atoms with van der Waals surface area (Å²) >= 11 is 0. The predicted octanol–water partition coefficient (Wildman–Crippen LogP) is 2.53. The Morgan fingerprint density at radius 2 is 1.71 bits per heavy atom. The molecular formula is C16H17NO4. The average Bonchev–Trinajstić information content (AvgIpc) is 2.53. The van der Waals surface area contributed by atoms with E-state index in [0.717, 1.165) is 0 Å². The first-order chi connectivity index (χ1) is 10.1. The lowest BCUT2D eigenvalue weighted by Crippen LogP contribution is -2.08. The molecule has 0 aliphatic carbocycles. The molecule has 2 aromatic rings. The fraction of sp³-hybridized carbons (Fsp3) is 0.188. The first-order valence-electron chi connectivity index (χ1n) is 6.31. The average molecular weight is 287 g/mol. The largest absolute Gasteiger partial charge is 0.497 e. The van der Waals surface area contributed by atoms with Gasteiger partial charge < -0.3 is 19.9 Å². The molecule has 5 nitrogen and oxygen atoms in total. The number of nitrogen functional groups attached to an aromatic ring is 1. The third kappa shape index (κ3) is 2.76. The van der Waals surface area contributed by atoms with Crippen molar-refractivity contribution in [3.8, 4) is 17.2 Å². The van der Waals surface area contributed by atoms with E-state index in [-0.39, 0.29) is 5.78 Å². The number of hydrogen-bond donors (Lipinski definition) is 1. The van der Waals surface area contributed by atoms with Gasteiger partial charge in [0.25, 0.3) is 0 Å². The molecule has 0 radical (unpaired) electrons. The highest BCUT2D eigenvalue weighted by atomic mass is 16.5. The molecule has 110 valence electrons. The van der Waals surface area contributed by atoms with Gasteiger partial charge in [-0.2, -0.15) is 0 Å². The summed E-state index contributed by atoms with van der Waals surface area (Å²) in [4.78, 5) is 12.8. The first-order valence-corrected chi connectivity index (χ1v) is 6.31. The maximum Gasteiger partial charge on any atom is 0.200 e. The van der Waals surface area contributed by atoms with Crippen LogP contribution in [0, 0.1) is 0 Å². The number of ketones is 1.